The summed E-state index contributed by atoms with van der Waals surface area (Å²) in [5.74, 6) is -1.63. The maximum Gasteiger partial charge on any atom is 0.336 e. The molecule has 4 nitrogen and oxygen atoms in total. The van der Waals surface area contributed by atoms with E-state index in [1.165, 1.54) is 0 Å². The van der Waals surface area contributed by atoms with Gasteiger partial charge in [-0.2, -0.15) is 0 Å². The molecule has 0 radical (unpaired) electrons. The van der Waals surface area contributed by atoms with Gasteiger partial charge in [0.25, 0.3) is 0 Å². The highest BCUT2D eigenvalue weighted by Gasteiger charge is 2.31. The van der Waals surface area contributed by atoms with Gasteiger partial charge in [0.2, 0.25) is 0 Å². The molecule has 0 saturated heterocycles. The summed E-state index contributed by atoms with van der Waals surface area (Å²) in [6.07, 6.45) is 1.51. The zero-order valence-electron chi connectivity index (χ0n) is 20.2. The van der Waals surface area contributed by atoms with E-state index in [0.29, 0.717) is 22.6 Å². The molecule has 2 rings (SSSR count). The van der Waals surface area contributed by atoms with Crippen molar-refractivity contribution in [2.45, 2.75) is 72.6 Å². The number of carbonyl (C=O) groups is 2. The summed E-state index contributed by atoms with van der Waals surface area (Å²) in [6.45, 7) is 14.7. The van der Waals surface area contributed by atoms with Gasteiger partial charge in [0.15, 0.2) is 0 Å². The van der Waals surface area contributed by atoms with Crippen LogP contribution >= 0.6 is 11.6 Å². The predicted molar refractivity (Wildman–Crippen MR) is 131 cm³/mol. The molecule has 32 heavy (non-hydrogen) atoms. The van der Waals surface area contributed by atoms with Gasteiger partial charge >= 0.3 is 11.9 Å². The number of ether oxygens (including phenoxy) is 1. The number of carboxylic acids is 1. The van der Waals surface area contributed by atoms with Gasteiger partial charge in [-0.25, -0.2) is 4.79 Å². The van der Waals surface area contributed by atoms with Gasteiger partial charge < -0.3 is 9.84 Å². The molecule has 0 amide bonds. The first-order chi connectivity index (χ1) is 14.9. The van der Waals surface area contributed by atoms with E-state index in [0.717, 1.165) is 23.1 Å². The standard InChI is InChI=1S/C27H35ClO4/c1-8-27(6,7)18-14-17(5)23(24-19(25(29)30)11-10-12-22(24)28)20(15-18)21(13-16(3)4)26(31)32-9-2/h10-12,14-16,21H,8-9,13H2,1-7H3,(H,29,30). The first kappa shape index (κ1) is 25.9. The van der Waals surface area contributed by atoms with Crippen molar-refractivity contribution in [1.29, 1.82) is 0 Å². The van der Waals surface area contributed by atoms with Gasteiger partial charge in [0.05, 0.1) is 18.1 Å². The van der Waals surface area contributed by atoms with Gasteiger partial charge in [0, 0.05) is 10.6 Å². The van der Waals surface area contributed by atoms with E-state index in [2.05, 4.69) is 46.8 Å². The highest BCUT2D eigenvalue weighted by Crippen LogP contribution is 2.43. The Kier molecular flexibility index (Phi) is 8.53. The topological polar surface area (TPSA) is 63.6 Å². The van der Waals surface area contributed by atoms with Crippen molar-refractivity contribution >= 4 is 23.5 Å². The molecule has 1 atom stereocenters. The van der Waals surface area contributed by atoms with Crippen molar-refractivity contribution in [2.75, 3.05) is 6.61 Å². The first-order valence-electron chi connectivity index (χ1n) is 11.3. The van der Waals surface area contributed by atoms with Crippen LogP contribution in [0, 0.1) is 12.8 Å². The summed E-state index contributed by atoms with van der Waals surface area (Å²) in [6, 6.07) is 9.03. The van der Waals surface area contributed by atoms with E-state index in [1.54, 1.807) is 25.1 Å². The Morgan fingerprint density at radius 1 is 1.12 bits per heavy atom. The highest BCUT2D eigenvalue weighted by molar-refractivity contribution is 6.34. The van der Waals surface area contributed by atoms with Crippen LogP contribution in [0.5, 0.6) is 0 Å². The Balaban J connectivity index is 2.97. The molecule has 0 aliphatic heterocycles. The van der Waals surface area contributed by atoms with Gasteiger partial charge in [-0.1, -0.05) is 64.4 Å². The van der Waals surface area contributed by atoms with Crippen LogP contribution < -0.4 is 0 Å². The lowest BCUT2D eigenvalue weighted by atomic mass is 9.75. The normalized spacial score (nSPS) is 12.7. The molecule has 0 spiro atoms. The molecule has 2 aromatic carbocycles. The number of benzene rings is 2. The number of carbonyl (C=O) groups excluding carboxylic acids is 1. The lowest BCUT2D eigenvalue weighted by Gasteiger charge is -2.29. The minimum atomic E-state index is -1.05. The van der Waals surface area contributed by atoms with E-state index in [9.17, 15) is 14.7 Å². The fourth-order valence-electron chi connectivity index (χ4n) is 4.05. The fraction of sp³-hybridized carbons (Fsp3) is 0.481. The monoisotopic (exact) mass is 458 g/mol. The van der Waals surface area contributed by atoms with Crippen LogP contribution in [0.3, 0.4) is 0 Å². The Hall–Kier alpha value is -2.33. The minimum absolute atomic E-state index is 0.106. The third-order valence-corrected chi connectivity index (χ3v) is 6.49. The van der Waals surface area contributed by atoms with Crippen molar-refractivity contribution < 1.29 is 19.4 Å². The van der Waals surface area contributed by atoms with Gasteiger partial charge in [0.1, 0.15) is 0 Å². The molecule has 1 N–H and O–H groups in total. The van der Waals surface area contributed by atoms with Crippen LogP contribution in [0.1, 0.15) is 87.4 Å². The number of hydrogen-bond acceptors (Lipinski definition) is 3. The van der Waals surface area contributed by atoms with Crippen molar-refractivity contribution in [1.82, 2.24) is 0 Å². The van der Waals surface area contributed by atoms with Crippen molar-refractivity contribution in [3.05, 3.63) is 57.6 Å². The Morgan fingerprint density at radius 3 is 2.31 bits per heavy atom. The van der Waals surface area contributed by atoms with Crippen LogP contribution in [0.15, 0.2) is 30.3 Å². The average molecular weight is 459 g/mol. The minimum Gasteiger partial charge on any atom is -0.478 e. The summed E-state index contributed by atoms with van der Waals surface area (Å²) < 4.78 is 5.46. The maximum atomic E-state index is 13.1. The molecular formula is C27H35ClO4. The summed E-state index contributed by atoms with van der Waals surface area (Å²) >= 11 is 6.58. The highest BCUT2D eigenvalue weighted by atomic mass is 35.5. The smallest absolute Gasteiger partial charge is 0.336 e. The third kappa shape index (κ3) is 5.53. The third-order valence-electron chi connectivity index (χ3n) is 6.18. The molecule has 0 saturated carbocycles. The molecule has 0 fully saturated rings. The number of carboxylic acid groups (broad SMARTS) is 1. The van der Waals surface area contributed by atoms with Gasteiger partial charge in [-0.15, -0.1) is 0 Å². The van der Waals surface area contributed by atoms with E-state index in [4.69, 9.17) is 16.3 Å². The molecule has 0 heterocycles. The van der Waals surface area contributed by atoms with Crippen molar-refractivity contribution in [3.63, 3.8) is 0 Å². The van der Waals surface area contributed by atoms with Crippen molar-refractivity contribution in [2.24, 2.45) is 5.92 Å². The molecule has 2 aromatic rings. The largest absolute Gasteiger partial charge is 0.478 e. The zero-order valence-corrected chi connectivity index (χ0v) is 21.0. The molecule has 1 unspecified atom stereocenters. The molecule has 0 aromatic heterocycles. The van der Waals surface area contributed by atoms with E-state index >= 15 is 0 Å². The van der Waals surface area contributed by atoms with E-state index in [-0.39, 0.29) is 29.5 Å². The SMILES string of the molecule is CCOC(=O)C(CC(C)C)c1cc(C(C)(C)CC)cc(C)c1-c1c(Cl)cccc1C(=O)O. The molecule has 0 aliphatic carbocycles. The van der Waals surface area contributed by atoms with Crippen LogP contribution in [-0.2, 0) is 14.9 Å². The second kappa shape index (κ2) is 10.5. The molecule has 0 aliphatic rings. The number of rotatable bonds is 9. The number of aromatic carboxylic acids is 1. The number of hydrogen-bond donors (Lipinski definition) is 1. The fourth-order valence-corrected chi connectivity index (χ4v) is 4.32. The Morgan fingerprint density at radius 2 is 1.78 bits per heavy atom. The molecule has 174 valence electrons. The van der Waals surface area contributed by atoms with Crippen LogP contribution in [0.4, 0.5) is 0 Å². The lowest BCUT2D eigenvalue weighted by molar-refractivity contribution is -0.145. The van der Waals surface area contributed by atoms with E-state index in [1.807, 2.05) is 6.92 Å². The summed E-state index contributed by atoms with van der Waals surface area (Å²) in [5, 5.41) is 10.2. The van der Waals surface area contributed by atoms with Crippen LogP contribution in [0.25, 0.3) is 11.1 Å². The second-order valence-electron chi connectivity index (χ2n) is 9.40. The molecular weight excluding hydrogens is 424 g/mol. The van der Waals surface area contributed by atoms with Crippen LogP contribution in [0.2, 0.25) is 5.02 Å². The Bertz CT molecular complexity index is 991. The van der Waals surface area contributed by atoms with Crippen LogP contribution in [-0.4, -0.2) is 23.7 Å². The Labute approximate surface area is 196 Å². The zero-order chi connectivity index (χ0) is 24.2. The summed E-state index contributed by atoms with van der Waals surface area (Å²) in [4.78, 5) is 25.2. The lowest BCUT2D eigenvalue weighted by Crippen LogP contribution is -2.22. The molecule has 5 heteroatoms. The molecule has 0 bridgehead atoms. The first-order valence-corrected chi connectivity index (χ1v) is 11.7. The number of halogens is 1. The maximum absolute atomic E-state index is 13.1. The van der Waals surface area contributed by atoms with Crippen molar-refractivity contribution in [3.8, 4) is 11.1 Å². The summed E-state index contributed by atoms with van der Waals surface area (Å²) in [5.41, 5.74) is 3.97. The van der Waals surface area contributed by atoms with E-state index < -0.39 is 11.9 Å². The number of aryl methyl sites for hydroxylation is 1. The summed E-state index contributed by atoms with van der Waals surface area (Å²) in [7, 11) is 0. The average Bonchev–Trinajstić information content (AvgIpc) is 2.71. The van der Waals surface area contributed by atoms with Gasteiger partial charge in [-0.05, 0) is 72.4 Å². The predicted octanol–water partition coefficient (Wildman–Crippen LogP) is 7.39. The second-order valence-corrected chi connectivity index (χ2v) is 9.80. The van der Waals surface area contributed by atoms with Gasteiger partial charge in [-0.3, -0.25) is 4.79 Å². The quantitative estimate of drug-likeness (QED) is 0.397. The number of esters is 1.